The molecule has 1 aliphatic heterocycles. The smallest absolute Gasteiger partial charge is 0.280 e. The first kappa shape index (κ1) is 17.7. The van der Waals surface area contributed by atoms with Crippen molar-refractivity contribution >= 4 is 17.7 Å². The van der Waals surface area contributed by atoms with E-state index in [-0.39, 0.29) is 17.3 Å². The summed E-state index contributed by atoms with van der Waals surface area (Å²) in [6, 6.07) is 2.78. The Kier molecular flexibility index (Phi) is 5.75. The number of methoxy groups -OCH3 is 2. The summed E-state index contributed by atoms with van der Waals surface area (Å²) in [6.45, 7) is 2.92. The van der Waals surface area contributed by atoms with E-state index >= 15 is 0 Å². The lowest BCUT2D eigenvalue weighted by atomic mass is 10.1. The van der Waals surface area contributed by atoms with E-state index in [0.29, 0.717) is 24.4 Å². The Morgan fingerprint density at radius 1 is 1.17 bits per heavy atom. The van der Waals surface area contributed by atoms with Gasteiger partial charge in [0.05, 0.1) is 30.8 Å². The molecule has 1 saturated heterocycles. The molecule has 0 aliphatic carbocycles. The summed E-state index contributed by atoms with van der Waals surface area (Å²) in [7, 11) is 4.87. The van der Waals surface area contributed by atoms with Crippen molar-refractivity contribution in [3.8, 4) is 11.5 Å². The molecule has 2 rings (SSSR count). The largest absolute Gasteiger partial charge is 0.493 e. The highest BCUT2D eigenvalue weighted by atomic mass is 16.6. The van der Waals surface area contributed by atoms with Gasteiger partial charge in [-0.25, -0.2) is 0 Å². The van der Waals surface area contributed by atoms with Gasteiger partial charge in [-0.3, -0.25) is 14.9 Å². The van der Waals surface area contributed by atoms with E-state index in [4.69, 9.17) is 9.47 Å². The number of nitrogens with zero attached hydrogens (tertiary/aromatic N) is 3. The Morgan fingerprint density at radius 2 is 1.75 bits per heavy atom. The molecule has 24 heavy (non-hydrogen) atoms. The van der Waals surface area contributed by atoms with Crippen molar-refractivity contribution in [2.75, 3.05) is 47.4 Å². The molecule has 0 N–H and O–H groups in total. The Labute approximate surface area is 140 Å². The van der Waals surface area contributed by atoms with Crippen molar-refractivity contribution in [1.29, 1.82) is 0 Å². The third-order valence-electron chi connectivity index (χ3n) is 3.95. The molecule has 1 fully saturated rings. The van der Waals surface area contributed by atoms with Crippen molar-refractivity contribution in [3.63, 3.8) is 0 Å². The average molecular weight is 335 g/mol. The van der Waals surface area contributed by atoms with E-state index in [0.717, 1.165) is 13.1 Å². The lowest BCUT2D eigenvalue weighted by Gasteiger charge is -2.31. The number of amides is 1. The van der Waals surface area contributed by atoms with E-state index in [1.807, 2.05) is 7.05 Å². The van der Waals surface area contributed by atoms with Gasteiger partial charge < -0.3 is 19.3 Å². The molecule has 0 aromatic heterocycles. The quantitative estimate of drug-likeness (QED) is 0.459. The molecular weight excluding hydrogens is 314 g/mol. The number of nitro groups is 1. The first-order valence-electron chi connectivity index (χ1n) is 7.52. The summed E-state index contributed by atoms with van der Waals surface area (Å²) >= 11 is 0. The molecule has 1 aliphatic rings. The van der Waals surface area contributed by atoms with Crippen LogP contribution < -0.4 is 9.47 Å². The van der Waals surface area contributed by atoms with Crippen LogP contribution in [-0.4, -0.2) is 68.1 Å². The van der Waals surface area contributed by atoms with Crippen LogP contribution in [0.25, 0.3) is 6.08 Å². The monoisotopic (exact) mass is 335 g/mol. The van der Waals surface area contributed by atoms with Gasteiger partial charge in [0.25, 0.3) is 5.69 Å². The number of benzene rings is 1. The van der Waals surface area contributed by atoms with Crippen molar-refractivity contribution < 1.29 is 19.2 Å². The molecular formula is C16H21N3O5. The standard InChI is InChI=1S/C16H21N3O5/c1-17-6-8-18(9-7-17)16(20)5-4-12-10-14(23-2)15(24-3)11-13(12)19(21)22/h4-5,10-11H,6-9H2,1-3H3/b5-4+. The maximum Gasteiger partial charge on any atom is 0.280 e. The molecule has 1 amide bonds. The molecule has 8 nitrogen and oxygen atoms in total. The number of hydrogen-bond acceptors (Lipinski definition) is 6. The lowest BCUT2D eigenvalue weighted by molar-refractivity contribution is -0.385. The second-order valence-electron chi connectivity index (χ2n) is 5.49. The van der Waals surface area contributed by atoms with Crippen LogP contribution in [-0.2, 0) is 4.79 Å². The Balaban J connectivity index is 2.24. The molecule has 1 heterocycles. The number of nitro benzene ring substituents is 1. The van der Waals surface area contributed by atoms with Gasteiger partial charge in [0.15, 0.2) is 11.5 Å². The Hall–Kier alpha value is -2.61. The highest BCUT2D eigenvalue weighted by molar-refractivity contribution is 5.92. The zero-order chi connectivity index (χ0) is 17.7. The predicted octanol–water partition coefficient (Wildman–Crippen LogP) is 1.40. The van der Waals surface area contributed by atoms with Gasteiger partial charge in [0.1, 0.15) is 0 Å². The molecule has 0 unspecified atom stereocenters. The second-order valence-corrected chi connectivity index (χ2v) is 5.49. The van der Waals surface area contributed by atoms with Crippen LogP contribution in [0.3, 0.4) is 0 Å². The van der Waals surface area contributed by atoms with Gasteiger partial charge >= 0.3 is 0 Å². The van der Waals surface area contributed by atoms with Crippen molar-refractivity contribution in [2.45, 2.75) is 0 Å². The van der Waals surface area contributed by atoms with Crippen LogP contribution >= 0.6 is 0 Å². The summed E-state index contributed by atoms with van der Waals surface area (Å²) in [5.41, 5.74) is 0.148. The Morgan fingerprint density at radius 3 is 2.29 bits per heavy atom. The fraction of sp³-hybridized carbons (Fsp3) is 0.438. The van der Waals surface area contributed by atoms with Gasteiger partial charge in [0.2, 0.25) is 5.91 Å². The molecule has 0 saturated carbocycles. The van der Waals surface area contributed by atoms with E-state index in [9.17, 15) is 14.9 Å². The fourth-order valence-corrected chi connectivity index (χ4v) is 2.47. The maximum absolute atomic E-state index is 12.2. The van der Waals surface area contributed by atoms with Crippen LogP contribution in [0.1, 0.15) is 5.56 Å². The summed E-state index contributed by atoms with van der Waals surface area (Å²) in [5.74, 6) is 0.480. The normalized spacial score (nSPS) is 15.5. The molecule has 8 heteroatoms. The van der Waals surface area contributed by atoms with E-state index < -0.39 is 4.92 Å². The van der Waals surface area contributed by atoms with E-state index in [2.05, 4.69) is 4.90 Å². The third kappa shape index (κ3) is 4.02. The van der Waals surface area contributed by atoms with Crippen LogP contribution in [0, 0.1) is 10.1 Å². The fourth-order valence-electron chi connectivity index (χ4n) is 2.47. The number of ether oxygens (including phenoxy) is 2. The SMILES string of the molecule is COc1cc(/C=C/C(=O)N2CCN(C)CC2)c([N+](=O)[O-])cc1OC. The molecule has 0 atom stereocenters. The molecule has 0 radical (unpaired) electrons. The average Bonchev–Trinajstić information content (AvgIpc) is 2.59. The third-order valence-corrected chi connectivity index (χ3v) is 3.95. The predicted molar refractivity (Wildman–Crippen MR) is 89.3 cm³/mol. The minimum Gasteiger partial charge on any atom is -0.493 e. The number of rotatable bonds is 5. The minimum absolute atomic E-state index is 0.143. The van der Waals surface area contributed by atoms with Gasteiger partial charge in [-0.1, -0.05) is 0 Å². The number of hydrogen-bond donors (Lipinski definition) is 0. The molecule has 1 aromatic carbocycles. The van der Waals surface area contributed by atoms with Crippen LogP contribution in [0.15, 0.2) is 18.2 Å². The summed E-state index contributed by atoms with van der Waals surface area (Å²) in [5, 5.41) is 11.2. The summed E-state index contributed by atoms with van der Waals surface area (Å²) < 4.78 is 10.2. The van der Waals surface area contributed by atoms with Gasteiger partial charge in [-0.05, 0) is 19.2 Å². The van der Waals surface area contributed by atoms with Gasteiger partial charge in [0, 0.05) is 32.3 Å². The zero-order valence-corrected chi connectivity index (χ0v) is 14.0. The van der Waals surface area contributed by atoms with Crippen LogP contribution in [0.5, 0.6) is 11.5 Å². The van der Waals surface area contributed by atoms with E-state index in [1.165, 1.54) is 38.5 Å². The Bertz CT molecular complexity index is 651. The maximum atomic E-state index is 12.2. The molecule has 0 bridgehead atoms. The summed E-state index contributed by atoms with van der Waals surface area (Å²) in [6.07, 6.45) is 2.81. The molecule has 1 aromatic rings. The van der Waals surface area contributed by atoms with Gasteiger partial charge in [-0.2, -0.15) is 0 Å². The number of carbonyl (C=O) groups is 1. The summed E-state index contributed by atoms with van der Waals surface area (Å²) in [4.78, 5) is 26.8. The van der Waals surface area contributed by atoms with E-state index in [1.54, 1.807) is 4.90 Å². The number of piperazine rings is 1. The number of carbonyl (C=O) groups excluding carboxylic acids is 1. The van der Waals surface area contributed by atoms with Crippen molar-refractivity contribution in [1.82, 2.24) is 9.80 Å². The van der Waals surface area contributed by atoms with Gasteiger partial charge in [-0.15, -0.1) is 0 Å². The second kappa shape index (κ2) is 7.78. The first-order chi connectivity index (χ1) is 11.5. The van der Waals surface area contributed by atoms with Crippen molar-refractivity contribution in [2.24, 2.45) is 0 Å². The first-order valence-corrected chi connectivity index (χ1v) is 7.52. The highest BCUT2D eigenvalue weighted by Gasteiger charge is 2.20. The zero-order valence-electron chi connectivity index (χ0n) is 14.0. The lowest BCUT2D eigenvalue weighted by Crippen LogP contribution is -2.46. The number of likely N-dealkylation sites (N-methyl/N-ethyl adjacent to an activating group) is 1. The molecule has 0 spiro atoms. The topological polar surface area (TPSA) is 85.2 Å². The minimum atomic E-state index is -0.512. The highest BCUT2D eigenvalue weighted by Crippen LogP contribution is 2.35. The van der Waals surface area contributed by atoms with Crippen LogP contribution in [0.4, 0.5) is 5.69 Å². The van der Waals surface area contributed by atoms with Crippen molar-refractivity contribution in [3.05, 3.63) is 33.9 Å². The molecule has 130 valence electrons. The van der Waals surface area contributed by atoms with Crippen LogP contribution in [0.2, 0.25) is 0 Å².